The van der Waals surface area contributed by atoms with E-state index in [1.165, 1.54) is 24.0 Å². The number of alkyl halides is 3. The molecule has 0 unspecified atom stereocenters. The van der Waals surface area contributed by atoms with Crippen LogP contribution in [0.4, 0.5) is 13.2 Å². The highest BCUT2D eigenvalue weighted by Gasteiger charge is 2.29. The van der Waals surface area contributed by atoms with E-state index in [1.54, 1.807) is 12.2 Å². The van der Waals surface area contributed by atoms with E-state index in [-0.39, 0.29) is 6.61 Å². The fourth-order valence-corrected chi connectivity index (χ4v) is 3.64. The summed E-state index contributed by atoms with van der Waals surface area (Å²) in [7, 11) is 1.89. The maximum atomic E-state index is 12.7. The Morgan fingerprint density at radius 1 is 1.00 bits per heavy atom. The molecule has 194 valence electrons. The number of aromatic nitrogens is 4. The van der Waals surface area contributed by atoms with Crippen LogP contribution in [0.15, 0.2) is 65.4 Å². The van der Waals surface area contributed by atoms with Crippen molar-refractivity contribution in [3.63, 3.8) is 0 Å². The predicted molar refractivity (Wildman–Crippen MR) is 133 cm³/mol. The number of hydrogen-bond acceptors (Lipinski definition) is 6. The van der Waals surface area contributed by atoms with Crippen molar-refractivity contribution in [1.82, 2.24) is 25.3 Å². The first-order valence-corrected chi connectivity index (χ1v) is 11.9. The largest absolute Gasteiger partial charge is 0.487 e. The number of aryl methyl sites for hydroxylation is 2. The Labute approximate surface area is 213 Å². The highest BCUT2D eigenvalue weighted by atomic mass is 19.4. The van der Waals surface area contributed by atoms with Crippen molar-refractivity contribution in [3.8, 4) is 5.75 Å². The zero-order valence-electron chi connectivity index (χ0n) is 20.4. The first-order chi connectivity index (χ1) is 17.9. The molecular formula is C27H28F3N5O2. The van der Waals surface area contributed by atoms with Gasteiger partial charge in [0, 0.05) is 25.4 Å². The summed E-state index contributed by atoms with van der Waals surface area (Å²) in [5, 5.41) is 11.3. The van der Waals surface area contributed by atoms with E-state index in [2.05, 4.69) is 32.7 Å². The summed E-state index contributed by atoms with van der Waals surface area (Å²) in [6.45, 7) is 1.80. The van der Waals surface area contributed by atoms with Crippen molar-refractivity contribution in [2.24, 2.45) is 0 Å². The Bertz CT molecular complexity index is 1280. The Morgan fingerprint density at radius 3 is 2.51 bits per heavy atom. The minimum atomic E-state index is -4.35. The molecule has 0 saturated carbocycles. The fourth-order valence-electron chi connectivity index (χ4n) is 3.64. The van der Waals surface area contributed by atoms with E-state index in [0.29, 0.717) is 17.1 Å². The van der Waals surface area contributed by atoms with Crippen molar-refractivity contribution >= 4 is 12.2 Å². The number of halogens is 3. The van der Waals surface area contributed by atoms with Crippen LogP contribution in [-0.2, 0) is 32.3 Å². The van der Waals surface area contributed by atoms with Crippen LogP contribution in [0.25, 0.3) is 12.2 Å². The highest BCUT2D eigenvalue weighted by molar-refractivity contribution is 5.66. The molecule has 0 fully saturated rings. The van der Waals surface area contributed by atoms with Gasteiger partial charge in [0.2, 0.25) is 5.89 Å². The second-order valence-electron chi connectivity index (χ2n) is 8.52. The molecule has 10 heteroatoms. The molecule has 2 aromatic carbocycles. The molecule has 0 amide bonds. The molecule has 37 heavy (non-hydrogen) atoms. The van der Waals surface area contributed by atoms with Crippen LogP contribution in [0.1, 0.15) is 46.8 Å². The zero-order valence-corrected chi connectivity index (χ0v) is 20.4. The fraction of sp³-hybridized carbons (Fsp3) is 0.296. The third-order valence-corrected chi connectivity index (χ3v) is 5.58. The second kappa shape index (κ2) is 12.4. The van der Waals surface area contributed by atoms with E-state index in [0.717, 1.165) is 55.9 Å². The van der Waals surface area contributed by atoms with Crippen molar-refractivity contribution in [2.45, 2.75) is 45.1 Å². The van der Waals surface area contributed by atoms with Crippen LogP contribution in [0.3, 0.4) is 0 Å². The van der Waals surface area contributed by atoms with E-state index >= 15 is 0 Å². The average molecular weight is 512 g/mol. The first kappa shape index (κ1) is 26.2. The molecule has 0 spiro atoms. The molecule has 2 aromatic heterocycles. The maximum absolute atomic E-state index is 12.7. The number of benzene rings is 2. The third-order valence-electron chi connectivity index (χ3n) is 5.58. The monoisotopic (exact) mass is 511 g/mol. The lowest BCUT2D eigenvalue weighted by atomic mass is 10.1. The smallest absolute Gasteiger partial charge is 0.416 e. The van der Waals surface area contributed by atoms with Gasteiger partial charge >= 0.3 is 6.18 Å². The maximum Gasteiger partial charge on any atom is 0.416 e. The molecule has 0 saturated heterocycles. The van der Waals surface area contributed by atoms with Gasteiger partial charge in [0.05, 0.1) is 11.3 Å². The molecule has 0 atom stereocenters. The number of oxazole rings is 1. The number of nitrogens with one attached hydrogen (secondary N) is 1. The molecule has 0 radical (unpaired) electrons. The van der Waals surface area contributed by atoms with E-state index in [1.807, 2.05) is 30.1 Å². The van der Waals surface area contributed by atoms with Crippen molar-refractivity contribution in [3.05, 3.63) is 95.0 Å². The van der Waals surface area contributed by atoms with E-state index < -0.39 is 11.7 Å². The summed E-state index contributed by atoms with van der Waals surface area (Å²) in [6.07, 6.45) is 5.39. The molecule has 4 aromatic rings. The summed E-state index contributed by atoms with van der Waals surface area (Å²) in [5.74, 6) is 1.08. The van der Waals surface area contributed by atoms with Gasteiger partial charge in [0.25, 0.3) is 0 Å². The van der Waals surface area contributed by atoms with Crippen LogP contribution in [-0.4, -0.2) is 27.0 Å². The minimum absolute atomic E-state index is 0.240. The lowest BCUT2D eigenvalue weighted by Gasteiger charge is -2.06. The Kier molecular flexibility index (Phi) is 8.73. The quantitative estimate of drug-likeness (QED) is 0.243. The average Bonchev–Trinajstić information content (AvgIpc) is 3.54. The third kappa shape index (κ3) is 8.04. The van der Waals surface area contributed by atoms with Gasteiger partial charge in [-0.3, -0.25) is 4.68 Å². The van der Waals surface area contributed by atoms with Crippen molar-refractivity contribution < 1.29 is 22.3 Å². The van der Waals surface area contributed by atoms with Gasteiger partial charge in [-0.1, -0.05) is 29.5 Å². The summed E-state index contributed by atoms with van der Waals surface area (Å²) in [6, 6.07) is 12.8. The molecule has 1 N–H and O–H groups in total. The summed E-state index contributed by atoms with van der Waals surface area (Å²) < 4.78 is 51.1. The molecule has 2 heterocycles. The van der Waals surface area contributed by atoms with Crippen molar-refractivity contribution in [1.29, 1.82) is 0 Å². The lowest BCUT2D eigenvalue weighted by molar-refractivity contribution is -0.137. The topological polar surface area (TPSA) is 78.0 Å². The van der Waals surface area contributed by atoms with Crippen LogP contribution in [0.2, 0.25) is 0 Å². The molecular weight excluding hydrogens is 483 g/mol. The van der Waals surface area contributed by atoms with Crippen LogP contribution >= 0.6 is 0 Å². The Balaban J connectivity index is 1.18. The molecule has 0 aliphatic rings. The van der Waals surface area contributed by atoms with Gasteiger partial charge < -0.3 is 14.5 Å². The number of nitrogens with zero attached hydrogens (tertiary/aromatic N) is 4. The molecule has 0 aliphatic carbocycles. The summed E-state index contributed by atoms with van der Waals surface area (Å²) in [5.41, 5.74) is 2.71. The Hall–Kier alpha value is -3.92. The van der Waals surface area contributed by atoms with Gasteiger partial charge in [-0.05, 0) is 67.8 Å². The summed E-state index contributed by atoms with van der Waals surface area (Å²) in [4.78, 5) is 4.33. The molecule has 0 aliphatic heterocycles. The first-order valence-electron chi connectivity index (χ1n) is 11.9. The summed E-state index contributed by atoms with van der Waals surface area (Å²) >= 11 is 0. The predicted octanol–water partition coefficient (Wildman–Crippen LogP) is 5.78. The zero-order chi connectivity index (χ0) is 26.1. The molecule has 4 rings (SSSR count). The standard InChI is InChI=1S/C27H28F3N5O2/c1-31-16-23-17-35(34-33-23)15-3-2-4-20-7-12-25(13-8-20)36-18-24-19-37-26(32-24)14-9-21-5-10-22(11-6-21)27(28,29)30/h5-14,17,19,31H,2-4,15-16,18H2,1H3/b14-9+. The SMILES string of the molecule is CNCc1cn(CCCCc2ccc(OCc3coc(/C=C/c4ccc(C(F)(F)F)cc4)n3)cc2)nn1. The minimum Gasteiger partial charge on any atom is -0.487 e. The van der Waals surface area contributed by atoms with Crippen LogP contribution < -0.4 is 10.1 Å². The number of unbranched alkanes of at least 4 members (excludes halogenated alkanes) is 1. The van der Waals surface area contributed by atoms with Gasteiger partial charge in [-0.2, -0.15) is 13.2 Å². The van der Waals surface area contributed by atoms with Crippen LogP contribution in [0.5, 0.6) is 5.75 Å². The number of rotatable bonds is 12. The molecule has 0 bridgehead atoms. The van der Waals surface area contributed by atoms with Gasteiger partial charge in [0.1, 0.15) is 24.3 Å². The molecule has 7 nitrogen and oxygen atoms in total. The lowest BCUT2D eigenvalue weighted by Crippen LogP contribution is -2.05. The van der Waals surface area contributed by atoms with E-state index in [4.69, 9.17) is 9.15 Å². The van der Waals surface area contributed by atoms with Gasteiger partial charge in [-0.15, -0.1) is 5.10 Å². The van der Waals surface area contributed by atoms with Gasteiger partial charge in [-0.25, -0.2) is 4.98 Å². The van der Waals surface area contributed by atoms with Gasteiger partial charge in [0.15, 0.2) is 0 Å². The number of hydrogen-bond donors (Lipinski definition) is 1. The second-order valence-corrected chi connectivity index (χ2v) is 8.52. The normalized spacial score (nSPS) is 11.9. The highest BCUT2D eigenvalue weighted by Crippen LogP contribution is 2.29. The van der Waals surface area contributed by atoms with Crippen molar-refractivity contribution in [2.75, 3.05) is 7.05 Å². The van der Waals surface area contributed by atoms with Crippen LogP contribution in [0, 0.1) is 0 Å². The van der Waals surface area contributed by atoms with E-state index in [9.17, 15) is 13.2 Å². The Morgan fingerprint density at radius 2 is 1.78 bits per heavy atom. The number of ether oxygens (including phenoxy) is 1.